The largest absolute Gasteiger partial charge is 0.419 e. The van der Waals surface area contributed by atoms with E-state index < -0.39 is 11.9 Å². The van der Waals surface area contributed by atoms with Gasteiger partial charge in [-0.1, -0.05) is 63.2 Å². The summed E-state index contributed by atoms with van der Waals surface area (Å²) in [4.78, 5) is 25.4. The highest BCUT2D eigenvalue weighted by Gasteiger charge is 2.26. The lowest BCUT2D eigenvalue weighted by Crippen LogP contribution is -2.19. The van der Waals surface area contributed by atoms with E-state index in [-0.39, 0.29) is 16.9 Å². The molecule has 0 atom stereocenters. The second-order valence-corrected chi connectivity index (χ2v) is 7.90. The summed E-state index contributed by atoms with van der Waals surface area (Å²) in [6.07, 6.45) is 0. The van der Waals surface area contributed by atoms with Gasteiger partial charge in [0.25, 0.3) is 0 Å². The molecule has 148 valence electrons. The lowest BCUT2D eigenvalue weighted by atomic mass is 9.85. The molecule has 0 aliphatic rings. The van der Waals surface area contributed by atoms with Crippen LogP contribution in [0.2, 0.25) is 0 Å². The average Bonchev–Trinajstić information content (AvgIpc) is 2.70. The van der Waals surface area contributed by atoms with Crippen molar-refractivity contribution in [2.75, 3.05) is 0 Å². The van der Waals surface area contributed by atoms with Crippen LogP contribution in [-0.2, 0) is 5.41 Å². The van der Waals surface area contributed by atoms with E-state index in [2.05, 4.69) is 0 Å². The van der Waals surface area contributed by atoms with Gasteiger partial charge in [-0.05, 0) is 48.2 Å². The number of hydrogen-bond acceptors (Lipinski definition) is 4. The lowest BCUT2D eigenvalue weighted by Gasteiger charge is -2.24. The third-order valence-corrected chi connectivity index (χ3v) is 4.42. The van der Waals surface area contributed by atoms with E-state index in [0.29, 0.717) is 11.1 Å². The van der Waals surface area contributed by atoms with Crippen molar-refractivity contribution in [3.05, 3.63) is 95.1 Å². The molecule has 0 saturated heterocycles. The Kier molecular flexibility index (Phi) is 5.83. The Hall–Kier alpha value is -3.40. The summed E-state index contributed by atoms with van der Waals surface area (Å²) >= 11 is 0. The van der Waals surface area contributed by atoms with Gasteiger partial charge in [-0.2, -0.15) is 0 Å². The first-order valence-corrected chi connectivity index (χ1v) is 9.45. The van der Waals surface area contributed by atoms with Crippen LogP contribution in [0.3, 0.4) is 0 Å². The van der Waals surface area contributed by atoms with E-state index in [1.54, 1.807) is 54.6 Å². The minimum absolute atomic E-state index is 0.230. The number of hydrogen-bond donors (Lipinski definition) is 0. The summed E-state index contributed by atoms with van der Waals surface area (Å²) in [5.41, 5.74) is 2.22. The van der Waals surface area contributed by atoms with Crippen molar-refractivity contribution in [1.82, 2.24) is 0 Å². The van der Waals surface area contributed by atoms with Crippen LogP contribution in [0.5, 0.6) is 11.5 Å². The Morgan fingerprint density at radius 2 is 1.21 bits per heavy atom. The standard InChI is InChI=1S/C25H24O4/c1-17-15-20(25(2,3)4)22(29-24(27)19-13-9-6-10-14-19)21(16-17)28-23(26)18-11-7-5-8-12-18/h5-16H,1-4H3. The highest BCUT2D eigenvalue weighted by molar-refractivity contribution is 5.93. The molecule has 0 unspecified atom stereocenters. The predicted octanol–water partition coefficient (Wildman–Crippen LogP) is 5.73. The fourth-order valence-electron chi connectivity index (χ4n) is 2.94. The van der Waals surface area contributed by atoms with Crippen LogP contribution in [0, 0.1) is 6.92 Å². The number of rotatable bonds is 4. The van der Waals surface area contributed by atoms with E-state index in [9.17, 15) is 9.59 Å². The maximum absolute atomic E-state index is 12.7. The molecule has 29 heavy (non-hydrogen) atoms. The van der Waals surface area contributed by atoms with Crippen molar-refractivity contribution in [2.24, 2.45) is 0 Å². The van der Waals surface area contributed by atoms with Gasteiger partial charge in [0.1, 0.15) is 0 Å². The van der Waals surface area contributed by atoms with Gasteiger partial charge in [0.15, 0.2) is 11.5 Å². The second kappa shape index (κ2) is 8.31. The van der Waals surface area contributed by atoms with Crippen LogP contribution in [0.15, 0.2) is 72.8 Å². The highest BCUT2D eigenvalue weighted by atomic mass is 16.6. The molecule has 0 radical (unpaired) electrons. The SMILES string of the molecule is Cc1cc(OC(=O)c2ccccc2)c(OC(=O)c2ccccc2)c(C(C)(C)C)c1. The zero-order valence-corrected chi connectivity index (χ0v) is 17.1. The van der Waals surface area contributed by atoms with Crippen LogP contribution in [0.25, 0.3) is 0 Å². The Labute approximate surface area is 171 Å². The van der Waals surface area contributed by atoms with Crippen LogP contribution in [0.4, 0.5) is 0 Å². The third-order valence-electron chi connectivity index (χ3n) is 4.42. The summed E-state index contributed by atoms with van der Waals surface area (Å²) in [6.45, 7) is 7.97. The Morgan fingerprint density at radius 3 is 1.69 bits per heavy atom. The number of carbonyl (C=O) groups excluding carboxylic acids is 2. The van der Waals surface area contributed by atoms with E-state index >= 15 is 0 Å². The molecule has 0 fully saturated rings. The zero-order chi connectivity index (χ0) is 21.0. The third kappa shape index (κ3) is 4.91. The van der Waals surface area contributed by atoms with Gasteiger partial charge < -0.3 is 9.47 Å². The monoisotopic (exact) mass is 388 g/mol. The maximum Gasteiger partial charge on any atom is 0.343 e. The summed E-state index contributed by atoms with van der Waals surface area (Å²) in [5, 5.41) is 0. The zero-order valence-electron chi connectivity index (χ0n) is 17.1. The predicted molar refractivity (Wildman–Crippen MR) is 113 cm³/mol. The molecule has 0 aromatic heterocycles. The van der Waals surface area contributed by atoms with Crippen LogP contribution >= 0.6 is 0 Å². The van der Waals surface area contributed by atoms with Crippen LogP contribution in [0.1, 0.15) is 52.6 Å². The molecule has 0 amide bonds. The molecule has 0 saturated carbocycles. The fraction of sp³-hybridized carbons (Fsp3) is 0.200. The molecular weight excluding hydrogens is 364 g/mol. The van der Waals surface area contributed by atoms with Gasteiger partial charge in [0.05, 0.1) is 11.1 Å². The van der Waals surface area contributed by atoms with Gasteiger partial charge in [0.2, 0.25) is 0 Å². The normalized spacial score (nSPS) is 11.0. The highest BCUT2D eigenvalue weighted by Crippen LogP contribution is 2.40. The van der Waals surface area contributed by atoms with Gasteiger partial charge in [-0.3, -0.25) is 0 Å². The van der Waals surface area contributed by atoms with Crippen LogP contribution < -0.4 is 9.47 Å². The van der Waals surface area contributed by atoms with Crippen molar-refractivity contribution >= 4 is 11.9 Å². The van der Waals surface area contributed by atoms with E-state index in [1.807, 2.05) is 45.9 Å². The molecule has 3 aromatic rings. The summed E-state index contributed by atoms with van der Waals surface area (Å²) in [7, 11) is 0. The molecule has 0 spiro atoms. The molecule has 3 rings (SSSR count). The molecule has 3 aromatic carbocycles. The quantitative estimate of drug-likeness (QED) is 0.423. The van der Waals surface area contributed by atoms with Crippen molar-refractivity contribution in [3.8, 4) is 11.5 Å². The molecular formula is C25H24O4. The number of esters is 2. The maximum atomic E-state index is 12.7. The average molecular weight is 388 g/mol. The van der Waals surface area contributed by atoms with Crippen molar-refractivity contribution in [2.45, 2.75) is 33.1 Å². The lowest BCUT2D eigenvalue weighted by molar-refractivity contribution is 0.0679. The van der Waals surface area contributed by atoms with Gasteiger partial charge >= 0.3 is 11.9 Å². The molecule has 0 heterocycles. The second-order valence-electron chi connectivity index (χ2n) is 7.90. The Balaban J connectivity index is 2.04. The first kappa shape index (κ1) is 20.3. The van der Waals surface area contributed by atoms with Crippen molar-refractivity contribution in [1.29, 1.82) is 0 Å². The number of aryl methyl sites for hydroxylation is 1. The minimum atomic E-state index is -0.506. The molecule has 4 heteroatoms. The Bertz CT molecular complexity index is 1020. The number of carbonyl (C=O) groups is 2. The van der Waals surface area contributed by atoms with Gasteiger partial charge in [0, 0.05) is 5.56 Å². The van der Waals surface area contributed by atoms with Crippen LogP contribution in [-0.4, -0.2) is 11.9 Å². The smallest absolute Gasteiger partial charge is 0.343 e. The van der Waals surface area contributed by atoms with Gasteiger partial charge in [-0.15, -0.1) is 0 Å². The van der Waals surface area contributed by atoms with Gasteiger partial charge in [-0.25, -0.2) is 9.59 Å². The van der Waals surface area contributed by atoms with E-state index in [0.717, 1.165) is 11.1 Å². The fourth-order valence-corrected chi connectivity index (χ4v) is 2.94. The molecule has 0 aliphatic heterocycles. The summed E-state index contributed by atoms with van der Waals surface area (Å²) in [6, 6.07) is 21.1. The Morgan fingerprint density at radius 1 is 0.724 bits per heavy atom. The number of ether oxygens (including phenoxy) is 2. The number of benzene rings is 3. The van der Waals surface area contributed by atoms with Crippen molar-refractivity contribution in [3.63, 3.8) is 0 Å². The molecule has 4 nitrogen and oxygen atoms in total. The first-order chi connectivity index (χ1) is 13.8. The first-order valence-electron chi connectivity index (χ1n) is 9.45. The molecule has 0 bridgehead atoms. The molecule has 0 aliphatic carbocycles. The summed E-state index contributed by atoms with van der Waals surface area (Å²) in [5.74, 6) is -0.515. The van der Waals surface area contributed by atoms with Crippen molar-refractivity contribution < 1.29 is 19.1 Å². The molecule has 0 N–H and O–H groups in total. The summed E-state index contributed by atoms with van der Waals surface area (Å²) < 4.78 is 11.4. The van der Waals surface area contributed by atoms with E-state index in [4.69, 9.17) is 9.47 Å². The minimum Gasteiger partial charge on any atom is -0.419 e. The topological polar surface area (TPSA) is 52.6 Å². The van der Waals surface area contributed by atoms with E-state index in [1.165, 1.54) is 0 Å².